The first-order chi connectivity index (χ1) is 9.19. The minimum atomic E-state index is 0.194. The van der Waals surface area contributed by atoms with E-state index in [2.05, 4.69) is 61.0 Å². The van der Waals surface area contributed by atoms with Crippen LogP contribution in [0.25, 0.3) is 0 Å². The Balaban J connectivity index is 2.12. The molecule has 104 valence electrons. The van der Waals surface area contributed by atoms with Gasteiger partial charge >= 0.3 is 0 Å². The Bertz CT molecular complexity index is 417. The second-order valence-electron chi connectivity index (χ2n) is 5.65. The lowest BCUT2D eigenvalue weighted by atomic mass is 9.83. The number of aryl methyl sites for hydroxylation is 1. The molecule has 1 aliphatic rings. The van der Waals surface area contributed by atoms with Crippen molar-refractivity contribution in [3.63, 3.8) is 0 Å². The van der Waals surface area contributed by atoms with E-state index in [1.54, 1.807) is 0 Å². The van der Waals surface area contributed by atoms with Gasteiger partial charge in [0.25, 0.3) is 0 Å². The Hall–Kier alpha value is -1.28. The maximum absolute atomic E-state index is 3.95. The molecule has 2 nitrogen and oxygen atoms in total. The lowest BCUT2D eigenvalue weighted by Crippen LogP contribution is -2.49. The van der Waals surface area contributed by atoms with Crippen LogP contribution in [0.3, 0.4) is 0 Å². The van der Waals surface area contributed by atoms with Gasteiger partial charge in [0.05, 0.1) is 0 Å². The number of hydrogen-bond donors (Lipinski definition) is 1. The summed E-state index contributed by atoms with van der Waals surface area (Å²) in [5.41, 5.74) is 2.79. The molecule has 0 bridgehead atoms. The maximum atomic E-state index is 3.95. The molecule has 1 heterocycles. The quantitative estimate of drug-likeness (QED) is 0.807. The van der Waals surface area contributed by atoms with E-state index in [-0.39, 0.29) is 5.54 Å². The second-order valence-corrected chi connectivity index (χ2v) is 5.65. The Morgan fingerprint density at radius 3 is 2.58 bits per heavy atom. The van der Waals surface area contributed by atoms with E-state index in [1.165, 1.54) is 37.2 Å². The average Bonchev–Trinajstić information content (AvgIpc) is 2.43. The van der Waals surface area contributed by atoms with Crippen LogP contribution in [-0.2, 0) is 0 Å². The van der Waals surface area contributed by atoms with Gasteiger partial charge in [0.15, 0.2) is 0 Å². The number of likely N-dealkylation sites (tertiary alicyclic amines) is 1. The Morgan fingerprint density at radius 2 is 2.00 bits per heavy atom. The average molecular weight is 258 g/mol. The molecule has 1 aromatic rings. The zero-order valence-electron chi connectivity index (χ0n) is 12.3. The van der Waals surface area contributed by atoms with Crippen LogP contribution in [0.1, 0.15) is 31.7 Å². The zero-order chi connectivity index (χ0) is 13.7. The zero-order valence-corrected chi connectivity index (χ0v) is 12.3. The maximum Gasteiger partial charge on any atom is 0.0432 e. The molecule has 1 saturated heterocycles. The predicted octanol–water partition coefficient (Wildman–Crippen LogP) is 3.84. The molecule has 0 aliphatic carbocycles. The molecule has 0 spiro atoms. The molecule has 0 amide bonds. The highest BCUT2D eigenvalue weighted by atomic mass is 15.1. The lowest BCUT2D eigenvalue weighted by molar-refractivity contribution is 0.181. The van der Waals surface area contributed by atoms with Gasteiger partial charge < -0.3 is 10.2 Å². The summed E-state index contributed by atoms with van der Waals surface area (Å²) in [6, 6.07) is 8.57. The number of nitrogens with one attached hydrogen (secondary N) is 1. The molecule has 0 aromatic heterocycles. The topological polar surface area (TPSA) is 15.3 Å². The molecule has 0 unspecified atom stereocenters. The van der Waals surface area contributed by atoms with E-state index in [4.69, 9.17) is 0 Å². The van der Waals surface area contributed by atoms with Gasteiger partial charge in [-0.05, 0) is 44.4 Å². The van der Waals surface area contributed by atoms with Crippen molar-refractivity contribution >= 4 is 5.69 Å². The highest BCUT2D eigenvalue weighted by Gasteiger charge is 2.33. The Morgan fingerprint density at radius 1 is 1.32 bits per heavy atom. The number of benzene rings is 1. The van der Waals surface area contributed by atoms with Crippen LogP contribution in [0.2, 0.25) is 0 Å². The largest absolute Gasteiger partial charge is 0.379 e. The van der Waals surface area contributed by atoms with E-state index in [1.807, 2.05) is 0 Å². The second kappa shape index (κ2) is 6.25. The molecule has 0 atom stereocenters. The van der Waals surface area contributed by atoms with Crippen molar-refractivity contribution < 1.29 is 0 Å². The van der Waals surface area contributed by atoms with Crippen LogP contribution in [0.5, 0.6) is 0 Å². The highest BCUT2D eigenvalue weighted by molar-refractivity contribution is 5.52. The van der Waals surface area contributed by atoms with Crippen molar-refractivity contribution in [1.29, 1.82) is 0 Å². The third-order valence-corrected chi connectivity index (χ3v) is 4.34. The minimum Gasteiger partial charge on any atom is -0.379 e. The van der Waals surface area contributed by atoms with Gasteiger partial charge in [-0.1, -0.05) is 31.2 Å². The van der Waals surface area contributed by atoms with Crippen molar-refractivity contribution in [2.75, 3.05) is 25.0 Å². The van der Waals surface area contributed by atoms with Crippen LogP contribution in [0.15, 0.2) is 36.9 Å². The first kappa shape index (κ1) is 14.1. The van der Waals surface area contributed by atoms with Crippen LogP contribution in [0, 0.1) is 6.92 Å². The van der Waals surface area contributed by atoms with E-state index < -0.39 is 0 Å². The van der Waals surface area contributed by atoms with Crippen LogP contribution < -0.4 is 5.32 Å². The summed E-state index contributed by atoms with van der Waals surface area (Å²) in [6.45, 7) is 11.9. The molecule has 1 N–H and O–H groups in total. The molecular weight excluding hydrogens is 232 g/mol. The third kappa shape index (κ3) is 3.38. The number of nitrogens with zero attached hydrogens (tertiary/aromatic N) is 1. The molecule has 1 aliphatic heterocycles. The molecule has 2 rings (SSSR count). The number of hydrogen-bond acceptors (Lipinski definition) is 2. The van der Waals surface area contributed by atoms with Gasteiger partial charge in [-0.3, -0.25) is 0 Å². The van der Waals surface area contributed by atoms with Crippen LogP contribution in [0.4, 0.5) is 5.69 Å². The number of anilines is 1. The summed E-state index contributed by atoms with van der Waals surface area (Å²) >= 11 is 0. The van der Waals surface area contributed by atoms with E-state index in [0.29, 0.717) is 0 Å². The van der Waals surface area contributed by atoms with Gasteiger partial charge in [-0.25, -0.2) is 0 Å². The third-order valence-electron chi connectivity index (χ3n) is 4.34. The fraction of sp³-hybridized carbons (Fsp3) is 0.529. The van der Waals surface area contributed by atoms with Crippen molar-refractivity contribution in [2.45, 2.75) is 38.6 Å². The van der Waals surface area contributed by atoms with Crippen LogP contribution in [-0.4, -0.2) is 30.1 Å². The molecule has 1 aromatic carbocycles. The highest BCUT2D eigenvalue weighted by Crippen LogP contribution is 2.31. The molecule has 1 fully saturated rings. The molecule has 2 heteroatoms. The fourth-order valence-electron chi connectivity index (χ4n) is 2.95. The van der Waals surface area contributed by atoms with Crippen molar-refractivity contribution in [1.82, 2.24) is 4.90 Å². The van der Waals surface area contributed by atoms with E-state index in [9.17, 15) is 0 Å². The standard InChI is InChI=1S/C17H26N2/c1-4-10-17(11-13-19(5-2)14-12-17)18-16-9-7-6-8-15(16)3/h4,6-9,18H,1,5,10-14H2,2-3H3. The van der Waals surface area contributed by atoms with Gasteiger partial charge in [0, 0.05) is 24.3 Å². The van der Waals surface area contributed by atoms with Crippen molar-refractivity contribution in [3.05, 3.63) is 42.5 Å². The minimum absolute atomic E-state index is 0.194. The van der Waals surface area contributed by atoms with Crippen molar-refractivity contribution in [3.8, 4) is 0 Å². The summed E-state index contributed by atoms with van der Waals surface area (Å²) in [5, 5.41) is 3.81. The Kier molecular flexibility index (Phi) is 4.65. The predicted molar refractivity (Wildman–Crippen MR) is 83.7 cm³/mol. The number of rotatable bonds is 5. The summed E-state index contributed by atoms with van der Waals surface area (Å²) in [5.74, 6) is 0. The summed E-state index contributed by atoms with van der Waals surface area (Å²) in [7, 11) is 0. The summed E-state index contributed by atoms with van der Waals surface area (Å²) in [4.78, 5) is 2.53. The van der Waals surface area contributed by atoms with Gasteiger partial charge in [0.1, 0.15) is 0 Å². The fourth-order valence-corrected chi connectivity index (χ4v) is 2.95. The number of para-hydroxylation sites is 1. The molecule has 0 radical (unpaired) electrons. The summed E-state index contributed by atoms with van der Waals surface area (Å²) < 4.78 is 0. The van der Waals surface area contributed by atoms with Crippen LogP contribution >= 0.6 is 0 Å². The normalized spacial score (nSPS) is 19.1. The molecular formula is C17H26N2. The number of piperidine rings is 1. The Labute approximate surface area is 117 Å². The molecule has 0 saturated carbocycles. The SMILES string of the molecule is C=CCC1(Nc2ccccc2C)CCN(CC)CC1. The van der Waals surface area contributed by atoms with Gasteiger partial charge in [0.2, 0.25) is 0 Å². The lowest BCUT2D eigenvalue weighted by Gasteiger charge is -2.42. The first-order valence-corrected chi connectivity index (χ1v) is 7.36. The van der Waals surface area contributed by atoms with Gasteiger partial charge in [-0.2, -0.15) is 0 Å². The van der Waals surface area contributed by atoms with E-state index >= 15 is 0 Å². The first-order valence-electron chi connectivity index (χ1n) is 7.36. The summed E-state index contributed by atoms with van der Waals surface area (Å²) in [6.07, 6.45) is 5.49. The smallest absolute Gasteiger partial charge is 0.0432 e. The van der Waals surface area contributed by atoms with E-state index in [0.717, 1.165) is 13.0 Å². The van der Waals surface area contributed by atoms with Crippen molar-refractivity contribution in [2.24, 2.45) is 0 Å². The van der Waals surface area contributed by atoms with Gasteiger partial charge in [-0.15, -0.1) is 6.58 Å². The monoisotopic (exact) mass is 258 g/mol. The molecule has 19 heavy (non-hydrogen) atoms.